The van der Waals surface area contributed by atoms with Crippen molar-refractivity contribution in [3.63, 3.8) is 0 Å². The molecule has 5 nitrogen and oxygen atoms in total. The fourth-order valence-corrected chi connectivity index (χ4v) is 9.49. The second kappa shape index (κ2) is 10.2. The lowest BCUT2D eigenvalue weighted by Crippen LogP contribution is -2.58. The molecule has 198 valence electrons. The molecule has 4 saturated carbocycles. The quantitative estimate of drug-likeness (QED) is 0.358. The molecule has 1 aromatic carbocycles. The summed E-state index contributed by atoms with van der Waals surface area (Å²) in [6, 6.07) is 9.78. The number of benzene rings is 1. The number of nitrogens with zero attached hydrogens (tertiary/aromatic N) is 1. The van der Waals surface area contributed by atoms with Gasteiger partial charge in [-0.15, -0.1) is 0 Å². The van der Waals surface area contributed by atoms with Gasteiger partial charge in [-0.2, -0.15) is 5.10 Å². The molecule has 4 aliphatic rings. The molecular weight excluding hydrogens is 448 g/mol. The summed E-state index contributed by atoms with van der Waals surface area (Å²) in [4.78, 5) is 12.5. The highest BCUT2D eigenvalue weighted by molar-refractivity contribution is 5.82. The Kier molecular flexibility index (Phi) is 7.35. The van der Waals surface area contributed by atoms with E-state index in [1.54, 1.807) is 6.21 Å². The number of hydrazone groups is 1. The van der Waals surface area contributed by atoms with Crippen LogP contribution in [0.1, 0.15) is 90.5 Å². The van der Waals surface area contributed by atoms with Crippen LogP contribution in [0.4, 0.5) is 0 Å². The Bertz CT molecular complexity index is 950. The number of aliphatic hydroxyl groups is 2. The first-order valence-electron chi connectivity index (χ1n) is 14.5. The van der Waals surface area contributed by atoms with E-state index in [9.17, 15) is 15.0 Å². The minimum Gasteiger partial charge on any atom is -0.393 e. The minimum atomic E-state index is -0.273. The van der Waals surface area contributed by atoms with Crippen molar-refractivity contribution in [2.45, 2.75) is 97.2 Å². The molecule has 0 saturated heterocycles. The lowest BCUT2D eigenvalue weighted by molar-refractivity contribution is -0.174. The van der Waals surface area contributed by atoms with E-state index in [-0.39, 0.29) is 28.9 Å². The normalized spacial score (nSPS) is 42.9. The third-order valence-electron chi connectivity index (χ3n) is 11.5. The van der Waals surface area contributed by atoms with Crippen LogP contribution < -0.4 is 5.43 Å². The van der Waals surface area contributed by atoms with Gasteiger partial charge in [0.1, 0.15) is 0 Å². The topological polar surface area (TPSA) is 81.9 Å². The monoisotopic (exact) mass is 494 g/mol. The maximum atomic E-state index is 12.5. The Morgan fingerprint density at radius 1 is 1.08 bits per heavy atom. The number of carbonyl (C=O) groups is 1. The lowest BCUT2D eigenvalue weighted by atomic mass is 9.43. The molecule has 0 unspecified atom stereocenters. The van der Waals surface area contributed by atoms with Gasteiger partial charge < -0.3 is 10.2 Å². The zero-order chi connectivity index (χ0) is 25.5. The second-order valence-electron chi connectivity index (χ2n) is 13.1. The average Bonchev–Trinajstić information content (AvgIpc) is 3.23. The summed E-state index contributed by atoms with van der Waals surface area (Å²) in [6.45, 7) is 7.14. The number of fused-ring (bicyclic) bond motifs is 5. The van der Waals surface area contributed by atoms with Crippen LogP contribution in [0.25, 0.3) is 0 Å². The first-order chi connectivity index (χ1) is 17.2. The third-order valence-corrected chi connectivity index (χ3v) is 11.5. The van der Waals surface area contributed by atoms with Gasteiger partial charge in [0.2, 0.25) is 5.91 Å². The third kappa shape index (κ3) is 4.55. The number of carbonyl (C=O) groups excluding carboxylic acids is 1. The molecule has 0 spiro atoms. The largest absolute Gasteiger partial charge is 0.393 e. The molecule has 3 N–H and O–H groups in total. The van der Waals surface area contributed by atoms with Crippen molar-refractivity contribution in [3.8, 4) is 0 Å². The summed E-state index contributed by atoms with van der Waals surface area (Å²) in [5, 5.41) is 26.1. The number of hydrogen-bond acceptors (Lipinski definition) is 4. The molecule has 0 heterocycles. The molecule has 5 rings (SSSR count). The first-order valence-corrected chi connectivity index (χ1v) is 14.5. The summed E-state index contributed by atoms with van der Waals surface area (Å²) in [6.07, 6.45) is 11.3. The van der Waals surface area contributed by atoms with E-state index in [1.165, 1.54) is 19.3 Å². The molecule has 5 heteroatoms. The predicted octanol–water partition coefficient (Wildman–Crippen LogP) is 5.54. The summed E-state index contributed by atoms with van der Waals surface area (Å²) < 4.78 is 0. The van der Waals surface area contributed by atoms with Crippen molar-refractivity contribution in [1.82, 2.24) is 5.43 Å². The van der Waals surface area contributed by atoms with E-state index in [4.69, 9.17) is 0 Å². The van der Waals surface area contributed by atoms with Gasteiger partial charge in [-0.1, -0.05) is 51.1 Å². The standard InChI is InChI=1S/C31H46N2O3/c1-20(9-14-29(36)33-32-19-21-7-5-4-6-8-21)25-12-13-26-24-11-10-22-17-23(34)15-16-30(22,2)27(24)18-28(35)31(25,26)3/h4-8,19-20,22-28,34-35H,9-18H2,1-3H3,(H,33,36)/b32-19+/t20-,22-,23-,24+,25-,26+,27+,28+,30+,31-/m1/s1. The molecule has 4 fully saturated rings. The molecule has 4 aliphatic carbocycles. The maximum absolute atomic E-state index is 12.5. The fourth-order valence-electron chi connectivity index (χ4n) is 9.49. The smallest absolute Gasteiger partial charge is 0.240 e. The Morgan fingerprint density at radius 2 is 1.86 bits per heavy atom. The number of aliphatic hydroxyl groups excluding tert-OH is 2. The van der Waals surface area contributed by atoms with Crippen LogP contribution in [0.15, 0.2) is 35.4 Å². The Morgan fingerprint density at radius 3 is 2.64 bits per heavy atom. The van der Waals surface area contributed by atoms with Crippen LogP contribution in [0.2, 0.25) is 0 Å². The molecule has 1 aromatic rings. The average molecular weight is 495 g/mol. The fraction of sp³-hybridized carbons (Fsp3) is 0.742. The van der Waals surface area contributed by atoms with Gasteiger partial charge >= 0.3 is 0 Å². The van der Waals surface area contributed by atoms with Crippen molar-refractivity contribution >= 4 is 12.1 Å². The van der Waals surface area contributed by atoms with Crippen molar-refractivity contribution < 1.29 is 15.0 Å². The highest BCUT2D eigenvalue weighted by atomic mass is 16.3. The number of hydrogen-bond donors (Lipinski definition) is 3. The van der Waals surface area contributed by atoms with Gasteiger partial charge in [0.25, 0.3) is 0 Å². The van der Waals surface area contributed by atoms with Gasteiger partial charge in [0, 0.05) is 6.42 Å². The molecule has 0 bridgehead atoms. The molecule has 0 radical (unpaired) electrons. The van der Waals surface area contributed by atoms with Crippen LogP contribution in [-0.4, -0.2) is 34.5 Å². The van der Waals surface area contributed by atoms with Gasteiger partial charge in [-0.05, 0) is 110 Å². The van der Waals surface area contributed by atoms with E-state index in [0.29, 0.717) is 41.9 Å². The number of amides is 1. The Labute approximate surface area is 217 Å². The molecule has 36 heavy (non-hydrogen) atoms. The van der Waals surface area contributed by atoms with Crippen LogP contribution in [-0.2, 0) is 4.79 Å². The molecule has 0 aromatic heterocycles. The van der Waals surface area contributed by atoms with Crippen molar-refractivity contribution in [2.24, 2.45) is 51.4 Å². The Balaban J connectivity index is 1.21. The molecule has 0 aliphatic heterocycles. The summed E-state index contributed by atoms with van der Waals surface area (Å²) in [7, 11) is 0. The van der Waals surface area contributed by atoms with Crippen molar-refractivity contribution in [2.75, 3.05) is 0 Å². The van der Waals surface area contributed by atoms with E-state index in [1.807, 2.05) is 30.3 Å². The summed E-state index contributed by atoms with van der Waals surface area (Å²) in [5.74, 6) is 3.28. The van der Waals surface area contributed by atoms with E-state index >= 15 is 0 Å². The van der Waals surface area contributed by atoms with Crippen LogP contribution in [0.5, 0.6) is 0 Å². The van der Waals surface area contributed by atoms with Gasteiger partial charge in [-0.3, -0.25) is 4.79 Å². The minimum absolute atomic E-state index is 0.0382. The van der Waals surface area contributed by atoms with E-state index < -0.39 is 0 Å². The zero-order valence-electron chi connectivity index (χ0n) is 22.4. The number of nitrogens with one attached hydrogen (secondary N) is 1. The molecule has 10 atom stereocenters. The lowest BCUT2D eigenvalue weighted by Gasteiger charge is -2.62. The maximum Gasteiger partial charge on any atom is 0.240 e. The molecular formula is C31H46N2O3. The van der Waals surface area contributed by atoms with Crippen LogP contribution in [0.3, 0.4) is 0 Å². The SMILES string of the molecule is C[C@H](CCC(=O)N/N=C/c1ccccc1)[C@H]1CC[C@H]2[C@@H]3CC[C@@H]4C[C@H](O)CC[C@]4(C)[C@H]3C[C@H](O)[C@]12C. The van der Waals surface area contributed by atoms with E-state index in [0.717, 1.165) is 44.1 Å². The van der Waals surface area contributed by atoms with Gasteiger partial charge in [0.05, 0.1) is 18.4 Å². The Hall–Kier alpha value is -1.72. The predicted molar refractivity (Wildman–Crippen MR) is 143 cm³/mol. The highest BCUT2D eigenvalue weighted by Crippen LogP contribution is 2.68. The second-order valence-corrected chi connectivity index (χ2v) is 13.1. The molecule has 1 amide bonds. The number of rotatable bonds is 6. The zero-order valence-corrected chi connectivity index (χ0v) is 22.4. The van der Waals surface area contributed by atoms with Crippen LogP contribution in [0, 0.1) is 46.3 Å². The highest BCUT2D eigenvalue weighted by Gasteiger charge is 2.63. The van der Waals surface area contributed by atoms with Crippen molar-refractivity contribution in [1.29, 1.82) is 0 Å². The van der Waals surface area contributed by atoms with Crippen molar-refractivity contribution in [3.05, 3.63) is 35.9 Å². The van der Waals surface area contributed by atoms with Gasteiger partial charge in [0.15, 0.2) is 0 Å². The van der Waals surface area contributed by atoms with E-state index in [2.05, 4.69) is 31.3 Å². The summed E-state index contributed by atoms with van der Waals surface area (Å²) in [5.41, 5.74) is 3.87. The van der Waals surface area contributed by atoms with Gasteiger partial charge in [-0.25, -0.2) is 5.43 Å². The first kappa shape index (κ1) is 25.9. The van der Waals surface area contributed by atoms with Crippen LogP contribution >= 0.6 is 0 Å². The summed E-state index contributed by atoms with van der Waals surface area (Å²) >= 11 is 0.